The van der Waals surface area contributed by atoms with Crippen LogP contribution in [0.4, 0.5) is 13.2 Å². The Kier molecular flexibility index (Phi) is 7.76. The third kappa shape index (κ3) is 10.2. The maximum Gasteiger partial charge on any atom is 0.401 e. The van der Waals surface area contributed by atoms with Crippen LogP contribution in [0.25, 0.3) is 0 Å². The van der Waals surface area contributed by atoms with Gasteiger partial charge in [0.05, 0.1) is 6.54 Å². The van der Waals surface area contributed by atoms with Crippen LogP contribution >= 0.6 is 0 Å². The van der Waals surface area contributed by atoms with Gasteiger partial charge in [0, 0.05) is 6.04 Å². The normalized spacial score (nSPS) is 14.4. The molecule has 98 valence electrons. The molecule has 0 aliphatic carbocycles. The van der Waals surface area contributed by atoms with E-state index in [0.29, 0.717) is 12.6 Å². The second-order valence-electron chi connectivity index (χ2n) is 4.35. The highest BCUT2D eigenvalue weighted by Gasteiger charge is 2.28. The van der Waals surface area contributed by atoms with Crippen molar-refractivity contribution in [2.75, 3.05) is 26.7 Å². The van der Waals surface area contributed by atoms with Crippen molar-refractivity contribution in [1.29, 1.82) is 0 Å². The lowest BCUT2D eigenvalue weighted by atomic mass is 10.1. The van der Waals surface area contributed by atoms with E-state index in [1.54, 1.807) is 0 Å². The van der Waals surface area contributed by atoms with E-state index in [4.69, 9.17) is 0 Å². The average Bonchev–Trinajstić information content (AvgIpc) is 2.11. The zero-order valence-electron chi connectivity index (χ0n) is 10.4. The maximum absolute atomic E-state index is 12.0. The van der Waals surface area contributed by atoms with Crippen LogP contribution < -0.4 is 5.32 Å². The standard InChI is InChI=1S/C11H23F3N2/c1-4-7-15-10(2)6-5-8-16(3)9-11(12,13)14/h10,15H,4-9H2,1-3H3. The van der Waals surface area contributed by atoms with Gasteiger partial charge in [0.2, 0.25) is 0 Å². The summed E-state index contributed by atoms with van der Waals surface area (Å²) in [6.07, 6.45) is -1.29. The number of nitrogens with one attached hydrogen (secondary N) is 1. The van der Waals surface area contributed by atoms with Crippen molar-refractivity contribution in [3.8, 4) is 0 Å². The van der Waals surface area contributed by atoms with Crippen molar-refractivity contribution in [1.82, 2.24) is 10.2 Å². The van der Waals surface area contributed by atoms with Gasteiger partial charge in [-0.05, 0) is 46.3 Å². The molecule has 0 fully saturated rings. The van der Waals surface area contributed by atoms with Crippen molar-refractivity contribution >= 4 is 0 Å². The minimum Gasteiger partial charge on any atom is -0.314 e. The van der Waals surface area contributed by atoms with Crippen LogP contribution in [0.15, 0.2) is 0 Å². The molecule has 5 heteroatoms. The second-order valence-corrected chi connectivity index (χ2v) is 4.35. The molecule has 1 unspecified atom stereocenters. The highest BCUT2D eigenvalue weighted by atomic mass is 19.4. The maximum atomic E-state index is 12.0. The van der Waals surface area contributed by atoms with E-state index >= 15 is 0 Å². The SMILES string of the molecule is CCCNC(C)CCCN(C)CC(F)(F)F. The molecule has 1 N–H and O–H groups in total. The molecule has 0 aromatic heterocycles. The molecule has 1 atom stereocenters. The largest absolute Gasteiger partial charge is 0.401 e. The molecule has 0 aromatic rings. The van der Waals surface area contributed by atoms with Crippen molar-refractivity contribution in [2.45, 2.75) is 45.3 Å². The first kappa shape index (κ1) is 15.7. The Morgan fingerprint density at radius 3 is 2.44 bits per heavy atom. The number of hydrogen-bond donors (Lipinski definition) is 1. The first-order valence-electron chi connectivity index (χ1n) is 5.84. The Hall–Kier alpha value is -0.290. The summed E-state index contributed by atoms with van der Waals surface area (Å²) in [6, 6.07) is 0.388. The summed E-state index contributed by atoms with van der Waals surface area (Å²) in [7, 11) is 1.51. The van der Waals surface area contributed by atoms with Crippen LogP contribution in [-0.2, 0) is 0 Å². The van der Waals surface area contributed by atoms with Crippen LogP contribution in [0.3, 0.4) is 0 Å². The highest BCUT2D eigenvalue weighted by molar-refractivity contribution is 4.63. The second kappa shape index (κ2) is 7.90. The zero-order valence-corrected chi connectivity index (χ0v) is 10.4. The van der Waals surface area contributed by atoms with Crippen molar-refractivity contribution in [3.05, 3.63) is 0 Å². The Labute approximate surface area is 96.2 Å². The molecule has 0 aliphatic heterocycles. The van der Waals surface area contributed by atoms with Gasteiger partial charge in [-0.15, -0.1) is 0 Å². The summed E-state index contributed by atoms with van der Waals surface area (Å²) in [5, 5.41) is 3.31. The topological polar surface area (TPSA) is 15.3 Å². The minimum absolute atomic E-state index is 0.388. The Morgan fingerprint density at radius 2 is 1.94 bits per heavy atom. The van der Waals surface area contributed by atoms with E-state index in [2.05, 4.69) is 19.2 Å². The summed E-state index contributed by atoms with van der Waals surface area (Å²) in [6.45, 7) is 4.82. The Bertz CT molecular complexity index is 171. The predicted molar refractivity (Wildman–Crippen MR) is 60.5 cm³/mol. The van der Waals surface area contributed by atoms with Crippen LogP contribution in [-0.4, -0.2) is 43.8 Å². The molecule has 0 saturated heterocycles. The number of nitrogens with zero attached hydrogens (tertiary/aromatic N) is 1. The van der Waals surface area contributed by atoms with Crippen LogP contribution in [0.1, 0.15) is 33.1 Å². The summed E-state index contributed by atoms with van der Waals surface area (Å²) < 4.78 is 36.0. The van der Waals surface area contributed by atoms with Gasteiger partial charge < -0.3 is 5.32 Å². The molecule has 0 aliphatic rings. The summed E-state index contributed by atoms with van der Waals surface area (Å²) in [4.78, 5) is 1.33. The number of rotatable bonds is 8. The molecule has 0 heterocycles. The van der Waals surface area contributed by atoms with Crippen LogP contribution in [0.5, 0.6) is 0 Å². The fraction of sp³-hybridized carbons (Fsp3) is 1.00. The smallest absolute Gasteiger partial charge is 0.314 e. The lowest BCUT2D eigenvalue weighted by Crippen LogP contribution is -2.33. The van der Waals surface area contributed by atoms with Crippen molar-refractivity contribution < 1.29 is 13.2 Å². The fourth-order valence-electron chi connectivity index (χ4n) is 1.55. The van der Waals surface area contributed by atoms with Gasteiger partial charge in [0.25, 0.3) is 0 Å². The quantitative estimate of drug-likeness (QED) is 0.701. The Balaban J connectivity index is 3.50. The minimum atomic E-state index is -4.08. The molecule has 16 heavy (non-hydrogen) atoms. The predicted octanol–water partition coefficient (Wildman–Crippen LogP) is 2.65. The van der Waals surface area contributed by atoms with Gasteiger partial charge in [-0.3, -0.25) is 4.90 Å². The van der Waals surface area contributed by atoms with Crippen molar-refractivity contribution in [2.24, 2.45) is 0 Å². The first-order valence-corrected chi connectivity index (χ1v) is 5.84. The molecule has 0 bridgehead atoms. The molecular weight excluding hydrogens is 217 g/mol. The zero-order chi connectivity index (χ0) is 12.6. The van der Waals surface area contributed by atoms with Gasteiger partial charge >= 0.3 is 6.18 Å². The molecular formula is C11H23F3N2. The van der Waals surface area contributed by atoms with Gasteiger partial charge in [0.1, 0.15) is 0 Å². The van der Waals surface area contributed by atoms with E-state index in [1.807, 2.05) is 0 Å². The van der Waals surface area contributed by atoms with Crippen molar-refractivity contribution in [3.63, 3.8) is 0 Å². The number of alkyl halides is 3. The summed E-state index contributed by atoms with van der Waals surface area (Å²) >= 11 is 0. The number of hydrogen-bond acceptors (Lipinski definition) is 2. The van der Waals surface area contributed by atoms with E-state index in [1.165, 1.54) is 11.9 Å². The lowest BCUT2D eigenvalue weighted by Gasteiger charge is -2.19. The van der Waals surface area contributed by atoms with Gasteiger partial charge in [-0.25, -0.2) is 0 Å². The van der Waals surface area contributed by atoms with Gasteiger partial charge in [-0.1, -0.05) is 6.92 Å². The summed E-state index contributed by atoms with van der Waals surface area (Å²) in [5.41, 5.74) is 0. The first-order chi connectivity index (χ1) is 7.35. The van der Waals surface area contributed by atoms with E-state index in [9.17, 15) is 13.2 Å². The molecule has 0 spiro atoms. The Morgan fingerprint density at radius 1 is 1.31 bits per heavy atom. The molecule has 2 nitrogen and oxygen atoms in total. The third-order valence-corrected chi connectivity index (χ3v) is 2.37. The van der Waals surface area contributed by atoms with E-state index in [0.717, 1.165) is 25.8 Å². The lowest BCUT2D eigenvalue weighted by molar-refractivity contribution is -0.143. The fourth-order valence-corrected chi connectivity index (χ4v) is 1.55. The van der Waals surface area contributed by atoms with Gasteiger partial charge in [0.15, 0.2) is 0 Å². The summed E-state index contributed by atoms with van der Waals surface area (Å²) in [5.74, 6) is 0. The third-order valence-electron chi connectivity index (χ3n) is 2.37. The van der Waals surface area contributed by atoms with E-state index < -0.39 is 12.7 Å². The highest BCUT2D eigenvalue weighted by Crippen LogP contribution is 2.15. The molecule has 0 rings (SSSR count). The average molecular weight is 240 g/mol. The number of halogens is 3. The van der Waals surface area contributed by atoms with Gasteiger partial charge in [-0.2, -0.15) is 13.2 Å². The monoisotopic (exact) mass is 240 g/mol. The van der Waals surface area contributed by atoms with Crippen LogP contribution in [0.2, 0.25) is 0 Å². The van der Waals surface area contributed by atoms with Crippen LogP contribution in [0, 0.1) is 0 Å². The molecule has 0 aromatic carbocycles. The molecule has 0 saturated carbocycles. The molecule has 0 amide bonds. The van der Waals surface area contributed by atoms with E-state index in [-0.39, 0.29) is 0 Å². The molecule has 0 radical (unpaired) electrons.